The third kappa shape index (κ3) is 17.6. The molecule has 0 N–H and O–H groups in total. The van der Waals surface area contributed by atoms with E-state index in [0.717, 1.165) is 44.7 Å². The molecule has 0 amide bonds. The van der Waals surface area contributed by atoms with Crippen molar-refractivity contribution in [3.8, 4) is 34.1 Å². The van der Waals surface area contributed by atoms with Crippen LogP contribution >= 0.6 is 16.8 Å². The van der Waals surface area contributed by atoms with E-state index in [4.69, 9.17) is 18.1 Å². The van der Waals surface area contributed by atoms with Gasteiger partial charge in [0.15, 0.2) is 0 Å². The van der Waals surface area contributed by atoms with Gasteiger partial charge in [0.2, 0.25) is 0 Å². The predicted octanol–water partition coefficient (Wildman–Crippen LogP) is 25.1. The van der Waals surface area contributed by atoms with Crippen LogP contribution in [0.25, 0.3) is 11.1 Å². The van der Waals surface area contributed by atoms with Gasteiger partial charge in [0.25, 0.3) is 0 Å². The van der Waals surface area contributed by atoms with Gasteiger partial charge in [0.1, 0.15) is 23.0 Å². The number of hydrogen-bond acceptors (Lipinski definition) is 4. The van der Waals surface area contributed by atoms with Gasteiger partial charge in [-0.1, -0.05) is 322 Å². The van der Waals surface area contributed by atoms with E-state index in [9.17, 15) is 0 Å². The first-order valence-electron chi connectivity index (χ1n) is 33.5. The van der Waals surface area contributed by atoms with Crippen molar-refractivity contribution in [1.29, 1.82) is 0 Å². The fourth-order valence-electron chi connectivity index (χ4n) is 11.2. The number of benzene rings is 6. The van der Waals surface area contributed by atoms with Crippen LogP contribution in [0.2, 0.25) is 0 Å². The Balaban J connectivity index is 1.62. The zero-order chi connectivity index (χ0) is 68.8. The second kappa shape index (κ2) is 24.9. The topological polar surface area (TPSA) is 36.9 Å². The molecular formula is C84H124O4P2. The highest BCUT2D eigenvalue weighted by atomic mass is 31.2. The second-order valence-electron chi connectivity index (χ2n) is 38.6. The van der Waals surface area contributed by atoms with Crippen LogP contribution in [0.5, 0.6) is 23.0 Å². The van der Waals surface area contributed by atoms with Crippen LogP contribution in [0, 0.1) is 0 Å². The summed E-state index contributed by atoms with van der Waals surface area (Å²) in [7, 11) is -3.55. The van der Waals surface area contributed by atoms with E-state index in [2.05, 4.69) is 346 Å². The quantitative estimate of drug-likeness (QED) is 0.121. The normalized spacial score (nSPS) is 14.0. The molecule has 0 unspecified atom stereocenters. The first kappa shape index (κ1) is 74.4. The molecule has 0 spiro atoms. The van der Waals surface area contributed by atoms with Crippen LogP contribution in [-0.2, 0) is 65.0 Å². The SMILES string of the molecule is CC(C)(C)c1cc(C(C)(C)C)c(OP(Oc2c(C(C)(C)C)cc(C(C)(C)C)cc2C(C)(C)C)c2ccc(-c3ccc(P(Oc4c(C(C)(C)C)cc(C(C)(C)C)cc4C(C)(C)C)Oc4c(C(C)(C)C)cc(C(C)(C)C)cc4C(C)(C)C)cc3)cc2)c(C(C)(C)C)c1. The standard InChI is InChI=1S/C84H124O4P2/c1-73(2,3)55-45-61(77(13,14)15)69(62(46-55)78(16,17)18)85-89(86-70-63(79(19,20)21)47-56(74(4,5)6)48-64(70)80(22,23)24)59-41-37-53(38-42-59)54-39-43-60(44-40-54)90(87-71-65(81(25,26)27)49-57(75(7,8)9)50-66(71)82(28,29)30)88-72-67(83(31,32)33)51-58(76(10,11)12)52-68(72)84(34,35)36/h37-52H,1-36H3. The van der Waals surface area contributed by atoms with Gasteiger partial charge in [0, 0.05) is 44.5 Å². The summed E-state index contributed by atoms with van der Waals surface area (Å²) in [6.45, 7) is 83.2. The third-order valence-electron chi connectivity index (χ3n) is 17.5. The summed E-state index contributed by atoms with van der Waals surface area (Å²) >= 11 is 0. The molecule has 0 bridgehead atoms. The minimum Gasteiger partial charge on any atom is -0.435 e. The van der Waals surface area contributed by atoms with Crippen LogP contribution in [0.1, 0.15) is 316 Å². The van der Waals surface area contributed by atoms with Gasteiger partial charge in [-0.25, -0.2) is 0 Å². The smallest absolute Gasteiger partial charge is 0.326 e. The zero-order valence-corrected chi connectivity index (χ0v) is 65.6. The lowest BCUT2D eigenvalue weighted by atomic mass is 9.75. The van der Waals surface area contributed by atoms with E-state index in [1.165, 1.54) is 66.8 Å². The molecule has 0 heterocycles. The van der Waals surface area contributed by atoms with E-state index in [1.54, 1.807) is 0 Å². The highest BCUT2D eigenvalue weighted by Gasteiger charge is 2.40. The summed E-state index contributed by atoms with van der Waals surface area (Å²) in [5, 5.41) is 2.00. The van der Waals surface area contributed by atoms with Crippen molar-refractivity contribution < 1.29 is 18.1 Å². The Bertz CT molecular complexity index is 2940. The summed E-state index contributed by atoms with van der Waals surface area (Å²) in [5.74, 6) is 3.66. The fraction of sp³-hybridized carbons (Fsp3) is 0.571. The van der Waals surface area contributed by atoms with Gasteiger partial charge in [0.05, 0.1) is 10.6 Å². The summed E-state index contributed by atoms with van der Waals surface area (Å²) in [4.78, 5) is 0. The van der Waals surface area contributed by atoms with Crippen molar-refractivity contribution in [3.63, 3.8) is 0 Å². The Morgan fingerprint density at radius 2 is 0.322 bits per heavy atom. The Kier molecular flexibility index (Phi) is 20.6. The maximum Gasteiger partial charge on any atom is 0.326 e. The lowest BCUT2D eigenvalue weighted by Gasteiger charge is -2.36. The van der Waals surface area contributed by atoms with Crippen LogP contribution < -0.4 is 28.7 Å². The molecular weight excluding hydrogens is 1130 g/mol. The molecule has 0 saturated heterocycles. The van der Waals surface area contributed by atoms with E-state index in [0.29, 0.717) is 0 Å². The van der Waals surface area contributed by atoms with Gasteiger partial charge in [-0.3, -0.25) is 0 Å². The number of hydrogen-bond donors (Lipinski definition) is 0. The summed E-state index contributed by atoms with van der Waals surface area (Å²) in [5.41, 5.74) is 14.8. The molecule has 4 nitrogen and oxygen atoms in total. The lowest BCUT2D eigenvalue weighted by Crippen LogP contribution is -2.25. The zero-order valence-electron chi connectivity index (χ0n) is 63.8. The van der Waals surface area contributed by atoms with Crippen molar-refractivity contribution in [1.82, 2.24) is 0 Å². The highest BCUT2D eigenvalue weighted by Crippen LogP contribution is 2.56. The summed E-state index contributed by atoms with van der Waals surface area (Å²) < 4.78 is 31.1. The minimum absolute atomic E-state index is 0.0678. The Hall–Kier alpha value is -4.62. The molecule has 0 saturated carbocycles. The molecule has 494 valence electrons. The maximum atomic E-state index is 7.79. The van der Waals surface area contributed by atoms with E-state index in [1.807, 2.05) is 0 Å². The molecule has 0 atom stereocenters. The Morgan fingerprint density at radius 3 is 0.433 bits per heavy atom. The molecule has 6 aromatic carbocycles. The molecule has 0 radical (unpaired) electrons. The van der Waals surface area contributed by atoms with Crippen LogP contribution in [-0.4, -0.2) is 0 Å². The van der Waals surface area contributed by atoms with Crippen LogP contribution in [0.15, 0.2) is 97.1 Å². The summed E-state index contributed by atoms with van der Waals surface area (Å²) in [6.07, 6.45) is 0. The van der Waals surface area contributed by atoms with Crippen LogP contribution in [0.3, 0.4) is 0 Å². The fourth-order valence-corrected chi connectivity index (χ4v) is 14.0. The molecule has 0 aromatic heterocycles. The molecule has 6 rings (SSSR count). The predicted molar refractivity (Wildman–Crippen MR) is 398 cm³/mol. The summed E-state index contributed by atoms with van der Waals surface area (Å²) in [6, 6.07) is 37.2. The Morgan fingerprint density at radius 1 is 0.189 bits per heavy atom. The highest BCUT2D eigenvalue weighted by molar-refractivity contribution is 7.57. The first-order valence-corrected chi connectivity index (χ1v) is 35.9. The molecule has 90 heavy (non-hydrogen) atoms. The molecule has 0 aliphatic heterocycles. The average molecular weight is 1260 g/mol. The van der Waals surface area contributed by atoms with Crippen molar-refractivity contribution in [2.45, 2.75) is 314 Å². The van der Waals surface area contributed by atoms with Crippen molar-refractivity contribution in [2.75, 3.05) is 0 Å². The van der Waals surface area contributed by atoms with Gasteiger partial charge in [-0.2, -0.15) is 0 Å². The molecule has 0 aliphatic carbocycles. The van der Waals surface area contributed by atoms with E-state index >= 15 is 0 Å². The van der Waals surface area contributed by atoms with E-state index in [-0.39, 0.29) is 65.0 Å². The average Bonchev–Trinajstić information content (AvgIpc) is 0.810. The molecule has 0 fully saturated rings. The monoisotopic (exact) mass is 1260 g/mol. The molecule has 0 aliphatic rings. The van der Waals surface area contributed by atoms with Crippen LogP contribution in [0.4, 0.5) is 0 Å². The van der Waals surface area contributed by atoms with Gasteiger partial charge in [-0.15, -0.1) is 0 Å². The van der Waals surface area contributed by atoms with Gasteiger partial charge < -0.3 is 18.1 Å². The van der Waals surface area contributed by atoms with Crippen molar-refractivity contribution in [3.05, 3.63) is 164 Å². The van der Waals surface area contributed by atoms with Crippen molar-refractivity contribution in [2.24, 2.45) is 0 Å². The number of rotatable bonds is 11. The van der Waals surface area contributed by atoms with E-state index < -0.39 is 16.8 Å². The maximum absolute atomic E-state index is 7.79. The van der Waals surface area contributed by atoms with Gasteiger partial charge in [-0.05, 0) is 123 Å². The third-order valence-corrected chi connectivity index (χ3v) is 20.3. The van der Waals surface area contributed by atoms with Gasteiger partial charge >= 0.3 is 16.8 Å². The molecule has 6 aromatic rings. The largest absolute Gasteiger partial charge is 0.435 e. The lowest BCUT2D eigenvalue weighted by molar-refractivity contribution is 0.439. The van der Waals surface area contributed by atoms with Crippen molar-refractivity contribution >= 4 is 27.4 Å². The Labute approximate surface area is 554 Å². The first-order chi connectivity index (χ1) is 40.2. The minimum atomic E-state index is -1.77. The second-order valence-corrected chi connectivity index (χ2v) is 41.4. The molecule has 6 heteroatoms.